The zero-order valence-electron chi connectivity index (χ0n) is 22.0. The molecule has 3 fully saturated rings. The van der Waals surface area contributed by atoms with Crippen molar-refractivity contribution in [1.82, 2.24) is 39.0 Å². The van der Waals surface area contributed by atoms with E-state index in [2.05, 4.69) is 42.2 Å². The fourth-order valence-electron chi connectivity index (χ4n) is 5.21. The number of aliphatic hydroxyl groups excluding tert-OH is 1. The summed E-state index contributed by atoms with van der Waals surface area (Å²) in [4.78, 5) is 35.2. The van der Waals surface area contributed by atoms with Crippen LogP contribution in [0, 0.1) is 0 Å². The van der Waals surface area contributed by atoms with Crippen LogP contribution in [0.1, 0.15) is 12.5 Å². The van der Waals surface area contributed by atoms with Crippen molar-refractivity contribution in [3.63, 3.8) is 0 Å². The minimum Gasteiger partial charge on any atom is -0.386 e. The monoisotopic (exact) mass is 692 g/mol. The number of imidazole rings is 2. The number of hydrogen-bond acceptors (Lipinski definition) is 17. The quantitative estimate of drug-likeness (QED) is 0.141. The van der Waals surface area contributed by atoms with Crippen molar-refractivity contribution in [3.8, 4) is 0 Å². The second kappa shape index (κ2) is 11.1. The van der Waals surface area contributed by atoms with Crippen LogP contribution < -0.4 is 11.5 Å². The van der Waals surface area contributed by atoms with Gasteiger partial charge in [0, 0.05) is 0 Å². The molecule has 24 heteroatoms. The van der Waals surface area contributed by atoms with Crippen LogP contribution >= 0.6 is 25.8 Å². The largest absolute Gasteiger partial charge is 0.386 e. The van der Waals surface area contributed by atoms with Gasteiger partial charge in [0.1, 0.15) is 54.2 Å². The lowest BCUT2D eigenvalue weighted by atomic mass is 10.1. The average molecular weight is 693 g/mol. The number of alkyl halides is 1. The lowest BCUT2D eigenvalue weighted by Gasteiger charge is -2.29. The molecule has 4 aromatic rings. The number of ether oxygens (including phenoxy) is 2. The molecule has 0 saturated carbocycles. The molecule has 0 aliphatic carbocycles. The first-order valence-corrected chi connectivity index (χ1v) is 18.0. The predicted molar refractivity (Wildman–Crippen MR) is 153 cm³/mol. The van der Waals surface area contributed by atoms with Gasteiger partial charge in [-0.15, -0.1) is 0 Å². The zero-order valence-corrected chi connectivity index (χ0v) is 25.5. The number of nitrogen functional groups attached to an aromatic ring is 2. The standard InChI is InChI=1S/C20H23FN10O9P2S2/c21-9-13-7(37-19(9)30-5-28-10-15(22)24-3-26-17(10)30)1-35-42(34,44)40-14-8(2-36-41(33,43)39-13)38-20(12(14)32)31-6-29-11-16(23)25-4-27-18(11)31/h3-9,12-14,19-20,32H,1-2H2,(H,33,43)(H,34,44)(H2,22,24,26)(H2,23,25,27)/t7-,8?,9-,12-,13-,14-,19-,20-,41?,42?/m1/s1. The maximum absolute atomic E-state index is 16.0. The second-order valence-corrected chi connectivity index (χ2v) is 15.6. The second-order valence-electron chi connectivity index (χ2n) is 9.90. The predicted octanol–water partition coefficient (Wildman–Crippen LogP) is 0.396. The Balaban J connectivity index is 1.17. The van der Waals surface area contributed by atoms with E-state index in [1.165, 1.54) is 34.4 Å². The van der Waals surface area contributed by atoms with E-state index in [1.54, 1.807) is 0 Å². The molecule has 6 N–H and O–H groups in total. The Morgan fingerprint density at radius 2 is 1.43 bits per heavy atom. The van der Waals surface area contributed by atoms with Crippen molar-refractivity contribution in [2.45, 2.75) is 49.1 Å². The minimum absolute atomic E-state index is 0.0662. The molecule has 0 radical (unpaired) electrons. The van der Waals surface area contributed by atoms with E-state index in [4.69, 9.17) is 50.8 Å². The summed E-state index contributed by atoms with van der Waals surface area (Å²) in [5, 5.41) is 11.2. The summed E-state index contributed by atoms with van der Waals surface area (Å²) >= 11 is 9.24. The van der Waals surface area contributed by atoms with Crippen LogP contribution in [0.4, 0.5) is 16.0 Å². The van der Waals surface area contributed by atoms with Gasteiger partial charge in [-0.1, -0.05) is 12.2 Å². The van der Waals surface area contributed by atoms with Crippen LogP contribution in [0.25, 0.3) is 22.3 Å². The lowest BCUT2D eigenvalue weighted by Crippen LogP contribution is -2.38. The van der Waals surface area contributed by atoms with Crippen molar-refractivity contribution in [2.75, 3.05) is 24.7 Å². The number of nitrogens with zero attached hydrogens (tertiary/aromatic N) is 8. The zero-order chi connectivity index (χ0) is 31.0. The molecule has 4 aromatic heterocycles. The third-order valence-corrected chi connectivity index (χ3v) is 10.4. The van der Waals surface area contributed by atoms with E-state index < -0.39 is 75.9 Å². The van der Waals surface area contributed by atoms with E-state index in [-0.39, 0.29) is 34.0 Å². The Morgan fingerprint density at radius 3 is 2.07 bits per heavy atom. The third-order valence-electron chi connectivity index (χ3n) is 7.21. The van der Waals surface area contributed by atoms with Gasteiger partial charge in [-0.2, -0.15) is 0 Å². The van der Waals surface area contributed by atoms with Gasteiger partial charge in [0.2, 0.25) is 0 Å². The summed E-state index contributed by atoms with van der Waals surface area (Å²) in [7, 11) is 0. The number of anilines is 2. The van der Waals surface area contributed by atoms with Gasteiger partial charge >= 0.3 is 13.5 Å². The maximum Gasteiger partial charge on any atom is 0.386 e. The number of rotatable bonds is 2. The summed E-state index contributed by atoms with van der Waals surface area (Å²) in [6.07, 6.45) is -6.63. The molecule has 0 amide bonds. The first-order chi connectivity index (χ1) is 20.9. The van der Waals surface area contributed by atoms with Crippen molar-refractivity contribution < 1.29 is 46.5 Å². The van der Waals surface area contributed by atoms with Gasteiger partial charge in [0.15, 0.2) is 41.6 Å². The summed E-state index contributed by atoms with van der Waals surface area (Å²) in [5.41, 5.74) is 12.6. The molecular weight excluding hydrogens is 669 g/mol. The number of aromatic nitrogens is 8. The highest BCUT2D eigenvalue weighted by Gasteiger charge is 2.53. The smallest absolute Gasteiger partial charge is 0.386 e. The van der Waals surface area contributed by atoms with E-state index in [0.29, 0.717) is 0 Å². The molecule has 3 aliphatic rings. The van der Waals surface area contributed by atoms with Crippen molar-refractivity contribution in [2.24, 2.45) is 0 Å². The van der Waals surface area contributed by atoms with Crippen molar-refractivity contribution in [3.05, 3.63) is 25.3 Å². The SMILES string of the molecule is Nc1ncnc2c1ncn2[C@@H]1OC2COP(O)(=S)O[C@H]3[C@@H](F)[C@H](n4cnc5c(N)ncnc54)O[C@@H]3COP(=O)(S)O[C@H]2[C@H]1O. The molecular formula is C20H23FN10O9P2S2. The van der Waals surface area contributed by atoms with Gasteiger partial charge in [-0.3, -0.25) is 22.7 Å². The van der Waals surface area contributed by atoms with Crippen LogP contribution in [-0.4, -0.2) is 98.9 Å². The minimum atomic E-state index is -4.30. The van der Waals surface area contributed by atoms with Crippen molar-refractivity contribution >= 4 is 71.5 Å². The molecule has 3 aliphatic heterocycles. The fourth-order valence-corrected chi connectivity index (χ4v) is 8.14. The molecule has 0 spiro atoms. The van der Waals surface area contributed by atoms with E-state index >= 15 is 4.39 Å². The van der Waals surface area contributed by atoms with E-state index in [1.807, 2.05) is 0 Å². The number of halogens is 1. The topological polar surface area (TPSA) is 252 Å². The highest BCUT2D eigenvalue weighted by atomic mass is 32.7. The van der Waals surface area contributed by atoms with Crippen molar-refractivity contribution in [1.29, 1.82) is 0 Å². The van der Waals surface area contributed by atoms with Crippen LogP contribution in [0.15, 0.2) is 25.3 Å². The molecule has 19 nitrogen and oxygen atoms in total. The highest BCUT2D eigenvalue weighted by molar-refractivity contribution is 8.44. The summed E-state index contributed by atoms with van der Waals surface area (Å²) in [6.45, 7) is -9.64. The molecule has 7 heterocycles. The molecule has 3 unspecified atom stereocenters. The first-order valence-electron chi connectivity index (χ1n) is 12.7. The first kappa shape index (κ1) is 30.2. The highest BCUT2D eigenvalue weighted by Crippen LogP contribution is 2.58. The Morgan fingerprint density at radius 1 is 0.886 bits per heavy atom. The van der Waals surface area contributed by atoms with E-state index in [9.17, 15) is 14.6 Å². The van der Waals surface area contributed by atoms with Crippen LogP contribution in [0.5, 0.6) is 0 Å². The average Bonchev–Trinajstić information content (AvgIpc) is 3.73. The van der Waals surface area contributed by atoms with Crippen LogP contribution in [0.3, 0.4) is 0 Å². The Bertz CT molecular complexity index is 1710. The molecule has 236 valence electrons. The Hall–Kier alpha value is -2.46. The normalized spacial score (nSPS) is 38.3. The number of thiol groups is 1. The molecule has 44 heavy (non-hydrogen) atoms. The fraction of sp³-hybridized carbons (Fsp3) is 0.500. The van der Waals surface area contributed by atoms with Gasteiger partial charge in [0.05, 0.1) is 25.9 Å². The van der Waals surface area contributed by atoms with Gasteiger partial charge < -0.3 is 35.5 Å². The maximum atomic E-state index is 16.0. The number of fused-ring (bicyclic) bond motifs is 4. The molecule has 0 aromatic carbocycles. The molecule has 3 saturated heterocycles. The summed E-state index contributed by atoms with van der Waals surface area (Å²) in [5.74, 6) is 0.162. The lowest BCUT2D eigenvalue weighted by molar-refractivity contribution is -0.0574. The summed E-state index contributed by atoms with van der Waals surface area (Å²) in [6, 6.07) is 0. The van der Waals surface area contributed by atoms with Gasteiger partial charge in [0.25, 0.3) is 0 Å². The Kier molecular flexibility index (Phi) is 7.63. The number of aliphatic hydroxyl groups is 1. The van der Waals surface area contributed by atoms with Crippen LogP contribution in [0.2, 0.25) is 0 Å². The number of nitrogens with two attached hydrogens (primary N) is 2. The summed E-state index contributed by atoms with van der Waals surface area (Å²) < 4.78 is 66.0. The van der Waals surface area contributed by atoms with E-state index in [0.717, 1.165) is 0 Å². The van der Waals surface area contributed by atoms with Gasteiger partial charge in [-0.25, -0.2) is 38.9 Å². The molecule has 0 bridgehead atoms. The Labute approximate surface area is 256 Å². The molecule has 10 atom stereocenters. The third kappa shape index (κ3) is 5.27. The number of hydrogen-bond donors (Lipinski definition) is 5. The van der Waals surface area contributed by atoms with Crippen LogP contribution in [-0.2, 0) is 43.9 Å². The molecule has 7 rings (SSSR count). The van der Waals surface area contributed by atoms with Gasteiger partial charge in [-0.05, 0) is 11.8 Å².